The number of halogens is 1. The summed E-state index contributed by atoms with van der Waals surface area (Å²) in [5.41, 5.74) is 2.16. The van der Waals surface area contributed by atoms with Crippen LogP contribution in [0.15, 0.2) is 24.3 Å². The molecule has 0 saturated carbocycles. The highest BCUT2D eigenvalue weighted by Gasteiger charge is 1.99. The molecule has 15 heavy (non-hydrogen) atoms. The lowest BCUT2D eigenvalue weighted by atomic mass is 10.1. The first-order valence-electron chi connectivity index (χ1n) is 5.21. The van der Waals surface area contributed by atoms with E-state index >= 15 is 0 Å². The van der Waals surface area contributed by atoms with E-state index < -0.39 is 0 Å². The molecule has 1 aromatic carbocycles. The molecule has 0 fully saturated rings. The Kier molecular flexibility index (Phi) is 5.40. The number of hydrogen-bond donors (Lipinski definition) is 1. The molecule has 0 unspecified atom stereocenters. The number of rotatable bonds is 5. The number of carbonyl (C=O) groups excluding carboxylic acids is 1. The van der Waals surface area contributed by atoms with E-state index in [2.05, 4.69) is 27.3 Å². The summed E-state index contributed by atoms with van der Waals surface area (Å²) in [5, 5.41) is 3.87. The number of benzene rings is 1. The summed E-state index contributed by atoms with van der Waals surface area (Å²) in [4.78, 5) is 11.2. The Morgan fingerprint density at radius 1 is 1.47 bits per heavy atom. The van der Waals surface area contributed by atoms with Gasteiger partial charge in [0.1, 0.15) is 0 Å². The molecule has 0 bridgehead atoms. The van der Waals surface area contributed by atoms with Gasteiger partial charge in [-0.2, -0.15) is 0 Å². The predicted octanol–water partition coefficient (Wildman–Crippen LogP) is 3.36. The van der Waals surface area contributed by atoms with Crippen LogP contribution in [0.25, 0.3) is 0 Å². The van der Waals surface area contributed by atoms with Crippen LogP contribution >= 0.6 is 15.9 Å². The second kappa shape index (κ2) is 6.62. The Hall–Kier alpha value is -0.830. The Balaban J connectivity index is 2.61. The average molecular weight is 270 g/mol. The quantitative estimate of drug-likeness (QED) is 0.817. The molecule has 1 rings (SSSR count). The standard InChI is InChI=1S/C12H16BrNO/c1-2-12(15)14-11-7-3-5-10(9-11)6-4-8-13/h3,5,7,9H,2,4,6,8H2,1H3,(H,14,15). The fourth-order valence-electron chi connectivity index (χ4n) is 1.32. The summed E-state index contributed by atoms with van der Waals surface area (Å²) in [5.74, 6) is 0.0626. The van der Waals surface area contributed by atoms with Crippen molar-refractivity contribution in [3.63, 3.8) is 0 Å². The molecule has 1 amide bonds. The molecule has 82 valence electrons. The van der Waals surface area contributed by atoms with E-state index in [1.165, 1.54) is 5.56 Å². The molecule has 2 nitrogen and oxygen atoms in total. The lowest BCUT2D eigenvalue weighted by Crippen LogP contribution is -2.09. The molecule has 0 heterocycles. The van der Waals surface area contributed by atoms with E-state index in [1.54, 1.807) is 0 Å². The van der Waals surface area contributed by atoms with E-state index in [0.717, 1.165) is 23.9 Å². The van der Waals surface area contributed by atoms with E-state index in [1.807, 2.05) is 25.1 Å². The first kappa shape index (κ1) is 12.2. The number of carbonyl (C=O) groups is 1. The number of hydrogen-bond acceptors (Lipinski definition) is 1. The molecule has 0 aliphatic carbocycles. The fourth-order valence-corrected chi connectivity index (χ4v) is 1.61. The SMILES string of the molecule is CCC(=O)Nc1cccc(CCCBr)c1. The minimum absolute atomic E-state index is 0.0626. The zero-order chi connectivity index (χ0) is 11.1. The highest BCUT2D eigenvalue weighted by Crippen LogP contribution is 2.12. The van der Waals surface area contributed by atoms with Crippen LogP contribution in [0.2, 0.25) is 0 Å². The van der Waals surface area contributed by atoms with Gasteiger partial charge in [0, 0.05) is 17.4 Å². The minimum atomic E-state index is 0.0626. The summed E-state index contributed by atoms with van der Waals surface area (Å²) in [7, 11) is 0. The number of alkyl halides is 1. The number of aryl methyl sites for hydroxylation is 1. The van der Waals surface area contributed by atoms with E-state index in [4.69, 9.17) is 0 Å². The largest absolute Gasteiger partial charge is 0.326 e. The molecule has 0 aliphatic rings. The van der Waals surface area contributed by atoms with Gasteiger partial charge < -0.3 is 5.32 Å². The van der Waals surface area contributed by atoms with Crippen LogP contribution in [0.5, 0.6) is 0 Å². The van der Waals surface area contributed by atoms with Crippen molar-refractivity contribution in [2.75, 3.05) is 10.6 Å². The van der Waals surface area contributed by atoms with Crippen molar-refractivity contribution in [2.45, 2.75) is 26.2 Å². The Labute approximate surface area is 99.2 Å². The first-order valence-corrected chi connectivity index (χ1v) is 6.33. The van der Waals surface area contributed by atoms with Crippen molar-refractivity contribution >= 4 is 27.5 Å². The molecule has 1 N–H and O–H groups in total. The Morgan fingerprint density at radius 2 is 2.27 bits per heavy atom. The van der Waals surface area contributed by atoms with Gasteiger partial charge in [0.2, 0.25) is 5.91 Å². The Bertz CT molecular complexity index is 325. The summed E-state index contributed by atoms with van der Waals surface area (Å²) in [6.45, 7) is 1.85. The van der Waals surface area contributed by atoms with Crippen molar-refractivity contribution in [1.29, 1.82) is 0 Å². The maximum Gasteiger partial charge on any atom is 0.224 e. The van der Waals surface area contributed by atoms with E-state index in [9.17, 15) is 4.79 Å². The van der Waals surface area contributed by atoms with Crippen LogP contribution in [-0.2, 0) is 11.2 Å². The van der Waals surface area contributed by atoms with Crippen molar-refractivity contribution in [1.82, 2.24) is 0 Å². The van der Waals surface area contributed by atoms with E-state index in [0.29, 0.717) is 6.42 Å². The summed E-state index contributed by atoms with van der Waals surface area (Å²) < 4.78 is 0. The maximum absolute atomic E-state index is 11.2. The van der Waals surface area contributed by atoms with Crippen molar-refractivity contribution in [3.05, 3.63) is 29.8 Å². The second-order valence-corrected chi connectivity index (χ2v) is 4.19. The lowest BCUT2D eigenvalue weighted by molar-refractivity contribution is -0.115. The van der Waals surface area contributed by atoms with Crippen LogP contribution < -0.4 is 5.32 Å². The van der Waals surface area contributed by atoms with Gasteiger partial charge in [-0.1, -0.05) is 35.0 Å². The molecule has 0 saturated heterocycles. The summed E-state index contributed by atoms with van der Waals surface area (Å²) in [6.07, 6.45) is 2.68. The minimum Gasteiger partial charge on any atom is -0.326 e. The molecule has 3 heteroatoms. The third-order valence-corrected chi connectivity index (χ3v) is 2.69. The van der Waals surface area contributed by atoms with Crippen LogP contribution in [0, 0.1) is 0 Å². The average Bonchev–Trinajstić information content (AvgIpc) is 2.26. The smallest absolute Gasteiger partial charge is 0.224 e. The second-order valence-electron chi connectivity index (χ2n) is 3.39. The molecule has 0 aliphatic heterocycles. The fraction of sp³-hybridized carbons (Fsp3) is 0.417. The van der Waals surface area contributed by atoms with Gasteiger partial charge in [0.15, 0.2) is 0 Å². The van der Waals surface area contributed by atoms with Crippen LogP contribution in [0.3, 0.4) is 0 Å². The summed E-state index contributed by atoms with van der Waals surface area (Å²) in [6, 6.07) is 8.03. The van der Waals surface area contributed by atoms with Gasteiger partial charge in [-0.25, -0.2) is 0 Å². The van der Waals surface area contributed by atoms with Gasteiger partial charge in [0.05, 0.1) is 0 Å². The van der Waals surface area contributed by atoms with Gasteiger partial charge in [0.25, 0.3) is 0 Å². The monoisotopic (exact) mass is 269 g/mol. The lowest BCUT2D eigenvalue weighted by Gasteiger charge is -2.05. The molecule has 0 atom stereocenters. The zero-order valence-corrected chi connectivity index (χ0v) is 10.5. The molecule has 0 aromatic heterocycles. The third kappa shape index (κ3) is 4.47. The van der Waals surface area contributed by atoms with E-state index in [-0.39, 0.29) is 5.91 Å². The van der Waals surface area contributed by atoms with Crippen LogP contribution in [0.1, 0.15) is 25.3 Å². The molecule has 1 aromatic rings. The molecule has 0 spiro atoms. The van der Waals surface area contributed by atoms with Gasteiger partial charge in [-0.3, -0.25) is 4.79 Å². The number of anilines is 1. The first-order chi connectivity index (χ1) is 7.26. The zero-order valence-electron chi connectivity index (χ0n) is 8.92. The van der Waals surface area contributed by atoms with Crippen molar-refractivity contribution in [3.8, 4) is 0 Å². The maximum atomic E-state index is 11.2. The van der Waals surface area contributed by atoms with Crippen molar-refractivity contribution < 1.29 is 4.79 Å². The third-order valence-electron chi connectivity index (χ3n) is 2.13. The topological polar surface area (TPSA) is 29.1 Å². The summed E-state index contributed by atoms with van der Waals surface area (Å²) >= 11 is 3.41. The van der Waals surface area contributed by atoms with Gasteiger partial charge in [-0.05, 0) is 30.5 Å². The highest BCUT2D eigenvalue weighted by molar-refractivity contribution is 9.09. The molecule has 0 radical (unpaired) electrons. The van der Waals surface area contributed by atoms with Crippen molar-refractivity contribution in [2.24, 2.45) is 0 Å². The van der Waals surface area contributed by atoms with Gasteiger partial charge in [-0.15, -0.1) is 0 Å². The molecular weight excluding hydrogens is 254 g/mol. The van der Waals surface area contributed by atoms with Crippen LogP contribution in [-0.4, -0.2) is 11.2 Å². The highest BCUT2D eigenvalue weighted by atomic mass is 79.9. The number of amides is 1. The van der Waals surface area contributed by atoms with Crippen LogP contribution in [0.4, 0.5) is 5.69 Å². The van der Waals surface area contributed by atoms with Gasteiger partial charge >= 0.3 is 0 Å². The number of nitrogens with one attached hydrogen (secondary N) is 1. The Morgan fingerprint density at radius 3 is 2.93 bits per heavy atom. The molecular formula is C12H16BrNO. The predicted molar refractivity (Wildman–Crippen MR) is 67.5 cm³/mol. The normalized spacial score (nSPS) is 10.0.